The van der Waals surface area contributed by atoms with Crippen molar-refractivity contribution in [3.05, 3.63) is 0 Å². The summed E-state index contributed by atoms with van der Waals surface area (Å²) in [7, 11) is 17.0. The molecule has 7 nitrogen and oxygen atoms in total. The molecule has 0 aromatic rings. The van der Waals surface area contributed by atoms with E-state index >= 15 is 0 Å². The molecule has 130 valence electrons. The maximum absolute atomic E-state index is 5.49. The van der Waals surface area contributed by atoms with Gasteiger partial charge in [0, 0.05) is 0 Å². The molecule has 21 heavy (non-hydrogen) atoms. The third-order valence-corrected chi connectivity index (χ3v) is 12.3. The normalized spacial score (nSPS) is 14.9. The monoisotopic (exact) mass is 341 g/mol. The molecule has 0 unspecified atom stereocenters. The average molecular weight is 341 g/mol. The quantitative estimate of drug-likeness (QED) is 0.679. The molecule has 0 saturated carbocycles. The maximum atomic E-state index is 5.49. The number of nitrogens with zero attached hydrogens (tertiary/aromatic N) is 6. The Labute approximate surface area is 133 Å². The summed E-state index contributed by atoms with van der Waals surface area (Å²) in [4.78, 5) is 0. The first-order chi connectivity index (χ1) is 9.48. The van der Waals surface area contributed by atoms with Crippen LogP contribution in [0.1, 0.15) is 6.92 Å². The van der Waals surface area contributed by atoms with Crippen LogP contribution in [0.15, 0.2) is 4.52 Å². The Morgan fingerprint density at radius 2 is 1.10 bits per heavy atom. The second-order valence-electron chi connectivity index (χ2n) is 6.13. The van der Waals surface area contributed by atoms with Crippen molar-refractivity contribution in [3.8, 4) is 0 Å². The molecule has 1 N–H and O–H groups in total. The van der Waals surface area contributed by atoms with E-state index in [-0.39, 0.29) is 0 Å². The summed E-state index contributed by atoms with van der Waals surface area (Å²) >= 11 is 0. The van der Waals surface area contributed by atoms with Crippen molar-refractivity contribution in [1.82, 2.24) is 28.4 Å². The van der Waals surface area contributed by atoms with Gasteiger partial charge in [-0.15, -0.1) is 0 Å². The van der Waals surface area contributed by atoms with Crippen LogP contribution in [0.2, 0.25) is 0 Å². The van der Waals surface area contributed by atoms with Crippen LogP contribution in [0.25, 0.3) is 0 Å². The molecule has 0 rings (SSSR count). The van der Waals surface area contributed by atoms with Gasteiger partial charge in [0.05, 0.1) is 0 Å². The minimum atomic E-state index is -2.31. The minimum absolute atomic E-state index is 0.903. The molecule has 0 aromatic heterocycles. The van der Waals surface area contributed by atoms with E-state index < -0.39 is 15.4 Å². The van der Waals surface area contributed by atoms with Crippen molar-refractivity contribution in [3.63, 3.8) is 0 Å². The first-order valence-corrected chi connectivity index (χ1v) is 10.7. The predicted octanol–water partition coefficient (Wildman–Crippen LogP) is 1.76. The fraction of sp³-hybridized carbons (Fsp3) is 1.00. The van der Waals surface area contributed by atoms with Gasteiger partial charge in [-0.25, -0.2) is 0 Å². The number of rotatable bonds is 8. The molecule has 0 atom stereocenters. The first kappa shape index (κ1) is 21.4. The zero-order valence-corrected chi connectivity index (χ0v) is 17.7. The van der Waals surface area contributed by atoms with Gasteiger partial charge in [-0.2, -0.15) is 0 Å². The molecule has 9 heteroatoms. The summed E-state index contributed by atoms with van der Waals surface area (Å²) in [6.45, 7) is 3.05. The van der Waals surface area contributed by atoms with E-state index in [9.17, 15) is 0 Å². The molecule has 0 fully saturated rings. The third kappa shape index (κ3) is 4.24. The van der Waals surface area contributed by atoms with Crippen molar-refractivity contribution in [2.75, 3.05) is 77.0 Å². The Balaban J connectivity index is 6.44. The Bertz CT molecular complexity index is 330. The summed E-state index contributed by atoms with van der Waals surface area (Å²) in [6.07, 6.45) is 0. The van der Waals surface area contributed by atoms with Gasteiger partial charge in [-0.1, -0.05) is 0 Å². The summed E-state index contributed by atoms with van der Waals surface area (Å²) in [5.74, 6) is 0. The van der Waals surface area contributed by atoms with E-state index in [1.807, 2.05) is 0 Å². The van der Waals surface area contributed by atoms with Crippen LogP contribution in [-0.2, 0) is 0 Å². The Kier molecular flexibility index (Phi) is 8.49. The molecule has 0 amide bonds. The zero-order valence-electron chi connectivity index (χ0n) is 15.8. The molecule has 0 heterocycles. The zero-order chi connectivity index (χ0) is 17.0. The number of hydrogen-bond acceptors (Lipinski definition) is 4. The molecule has 0 bridgehead atoms. The molecule has 0 saturated heterocycles. The van der Waals surface area contributed by atoms with Crippen molar-refractivity contribution in [2.45, 2.75) is 6.92 Å². The average Bonchev–Trinajstić information content (AvgIpc) is 2.32. The molecule has 0 spiro atoms. The van der Waals surface area contributed by atoms with E-state index in [0.717, 1.165) is 6.54 Å². The van der Waals surface area contributed by atoms with Gasteiger partial charge < -0.3 is 0 Å². The van der Waals surface area contributed by atoms with Crippen molar-refractivity contribution < 1.29 is 0 Å². The second-order valence-corrected chi connectivity index (χ2v) is 13.8. The topological polar surface area (TPSA) is 40.6 Å². The van der Waals surface area contributed by atoms with Gasteiger partial charge in [0.25, 0.3) is 0 Å². The molecular weight excluding hydrogens is 304 g/mol. The standard InChI is InChI=1S/C12H37N7P2/c1-12-13-20(15(2)3,16(4)5)14-21(17(6)7,18(8)9)19(10)11/h13,20H,12H2,1-11H3. The van der Waals surface area contributed by atoms with E-state index in [2.05, 4.69) is 106 Å². The summed E-state index contributed by atoms with van der Waals surface area (Å²) in [5, 5.41) is 3.69. The van der Waals surface area contributed by atoms with Crippen LogP contribution < -0.4 is 5.09 Å². The second kappa shape index (κ2) is 8.32. The third-order valence-electron chi connectivity index (χ3n) is 3.54. The van der Waals surface area contributed by atoms with E-state index in [1.54, 1.807) is 0 Å². The molecule has 0 radical (unpaired) electrons. The van der Waals surface area contributed by atoms with Gasteiger partial charge in [0.1, 0.15) is 0 Å². The van der Waals surface area contributed by atoms with E-state index in [4.69, 9.17) is 4.52 Å². The van der Waals surface area contributed by atoms with Crippen molar-refractivity contribution in [1.29, 1.82) is 0 Å². The van der Waals surface area contributed by atoms with Crippen LogP contribution in [0.5, 0.6) is 0 Å². The van der Waals surface area contributed by atoms with Crippen molar-refractivity contribution in [2.24, 2.45) is 4.52 Å². The van der Waals surface area contributed by atoms with Crippen molar-refractivity contribution >= 4 is 15.4 Å². The van der Waals surface area contributed by atoms with E-state index in [0.29, 0.717) is 0 Å². The molecule has 0 aromatic carbocycles. The summed E-state index contributed by atoms with van der Waals surface area (Å²) in [6, 6.07) is 0. The molecule has 0 aliphatic heterocycles. The summed E-state index contributed by atoms with van der Waals surface area (Å²) < 4.78 is 16.8. The van der Waals surface area contributed by atoms with Gasteiger partial charge in [0.15, 0.2) is 0 Å². The Morgan fingerprint density at radius 1 is 0.762 bits per heavy atom. The fourth-order valence-electron chi connectivity index (χ4n) is 2.70. The molecule has 0 aliphatic rings. The summed E-state index contributed by atoms with van der Waals surface area (Å²) in [5.41, 5.74) is 0. The van der Waals surface area contributed by atoms with Crippen LogP contribution in [0, 0.1) is 0 Å². The van der Waals surface area contributed by atoms with Gasteiger partial charge in [0.2, 0.25) is 0 Å². The first-order valence-electron chi connectivity index (χ1n) is 7.25. The van der Waals surface area contributed by atoms with Gasteiger partial charge in [-0.05, 0) is 0 Å². The predicted molar refractivity (Wildman–Crippen MR) is 99.8 cm³/mol. The van der Waals surface area contributed by atoms with Gasteiger partial charge in [-0.3, -0.25) is 0 Å². The van der Waals surface area contributed by atoms with Crippen LogP contribution in [0.3, 0.4) is 0 Å². The molecular formula is C12H37N7P2. The number of hydrogen-bond donors (Lipinski definition) is 1. The Hall–Kier alpha value is 0.420. The number of nitrogens with one attached hydrogen (secondary N) is 1. The van der Waals surface area contributed by atoms with E-state index in [1.165, 1.54) is 0 Å². The SMILES string of the molecule is CCN[PH](N=P(N(C)C)(N(C)C)N(C)C)(N(C)C)N(C)C. The van der Waals surface area contributed by atoms with Gasteiger partial charge >= 0.3 is 132 Å². The Morgan fingerprint density at radius 3 is 1.29 bits per heavy atom. The van der Waals surface area contributed by atoms with Crippen LogP contribution in [0.4, 0.5) is 0 Å². The fourth-order valence-corrected chi connectivity index (χ4v) is 12.1. The molecule has 0 aliphatic carbocycles. The van der Waals surface area contributed by atoms with Crippen LogP contribution >= 0.6 is 15.4 Å². The van der Waals surface area contributed by atoms with Crippen LogP contribution in [-0.4, -0.2) is 100 Å².